The summed E-state index contributed by atoms with van der Waals surface area (Å²) in [4.78, 5) is 27.6. The number of rotatable bonds is 4. The lowest BCUT2D eigenvalue weighted by molar-refractivity contribution is -0.128. The Hall–Kier alpha value is -0.550. The van der Waals surface area contributed by atoms with Crippen LogP contribution in [0.25, 0.3) is 0 Å². The molecule has 0 radical (unpaired) electrons. The highest BCUT2D eigenvalue weighted by Crippen LogP contribution is 2.25. The van der Waals surface area contributed by atoms with Crippen molar-refractivity contribution in [1.29, 1.82) is 0 Å². The number of nitrogens with zero attached hydrogens (tertiary/aromatic N) is 2. The van der Waals surface area contributed by atoms with E-state index >= 15 is 0 Å². The Morgan fingerprint density at radius 2 is 1.90 bits per heavy atom. The molecular formula is C15H26N2O2S. The van der Waals surface area contributed by atoms with Crippen LogP contribution in [0.4, 0.5) is 0 Å². The Kier molecular flexibility index (Phi) is 5.49. The molecule has 0 aromatic heterocycles. The second kappa shape index (κ2) is 6.94. The van der Waals surface area contributed by atoms with Crippen molar-refractivity contribution in [2.24, 2.45) is 0 Å². The minimum absolute atomic E-state index is 0.114. The fourth-order valence-electron chi connectivity index (χ4n) is 3.42. The van der Waals surface area contributed by atoms with E-state index in [4.69, 9.17) is 0 Å². The summed E-state index contributed by atoms with van der Waals surface area (Å²) in [6, 6.07) is 1.25. The van der Waals surface area contributed by atoms with Crippen LogP contribution < -0.4 is 0 Å². The minimum atomic E-state index is 0.114. The molecule has 0 aliphatic carbocycles. The summed E-state index contributed by atoms with van der Waals surface area (Å²) in [7, 11) is 0. The summed E-state index contributed by atoms with van der Waals surface area (Å²) in [5.74, 6) is 0.209. The van der Waals surface area contributed by atoms with Crippen molar-refractivity contribution in [1.82, 2.24) is 9.80 Å². The van der Waals surface area contributed by atoms with Gasteiger partial charge in [0.15, 0.2) is 5.12 Å². The highest BCUT2D eigenvalue weighted by Gasteiger charge is 2.32. The van der Waals surface area contributed by atoms with E-state index in [1.807, 2.05) is 4.90 Å². The van der Waals surface area contributed by atoms with Gasteiger partial charge >= 0.3 is 0 Å². The molecule has 2 saturated heterocycles. The second-order valence-electron chi connectivity index (χ2n) is 6.14. The Balaban J connectivity index is 1.81. The number of amides is 1. The van der Waals surface area contributed by atoms with Gasteiger partial charge in [-0.25, -0.2) is 0 Å². The summed E-state index contributed by atoms with van der Waals surface area (Å²) < 4.78 is 0. The molecule has 3 atom stereocenters. The van der Waals surface area contributed by atoms with Gasteiger partial charge in [0.25, 0.3) is 0 Å². The van der Waals surface area contributed by atoms with Crippen molar-refractivity contribution in [3.63, 3.8) is 0 Å². The summed E-state index contributed by atoms with van der Waals surface area (Å²) in [6.07, 6.45) is 4.37. The first-order valence-corrected chi connectivity index (χ1v) is 8.56. The molecule has 3 unspecified atom stereocenters. The molecule has 20 heavy (non-hydrogen) atoms. The van der Waals surface area contributed by atoms with Crippen molar-refractivity contribution in [2.75, 3.05) is 19.6 Å². The number of likely N-dealkylation sites (tertiary alicyclic amines) is 2. The van der Waals surface area contributed by atoms with E-state index in [9.17, 15) is 9.59 Å². The molecule has 1 amide bonds. The van der Waals surface area contributed by atoms with Gasteiger partial charge < -0.3 is 4.90 Å². The van der Waals surface area contributed by atoms with Crippen LogP contribution in [0.2, 0.25) is 0 Å². The van der Waals surface area contributed by atoms with Crippen LogP contribution in [0.5, 0.6) is 0 Å². The lowest BCUT2D eigenvalue weighted by atomic mass is 9.98. The maximum atomic E-state index is 12.0. The van der Waals surface area contributed by atoms with Crippen LogP contribution in [-0.4, -0.2) is 57.8 Å². The first kappa shape index (κ1) is 15.8. The molecule has 0 aromatic rings. The van der Waals surface area contributed by atoms with Crippen LogP contribution in [0.1, 0.15) is 46.5 Å². The van der Waals surface area contributed by atoms with Gasteiger partial charge in [-0.15, -0.1) is 0 Å². The molecule has 2 aliphatic rings. The van der Waals surface area contributed by atoms with Crippen molar-refractivity contribution >= 4 is 22.8 Å². The van der Waals surface area contributed by atoms with Gasteiger partial charge in [0.2, 0.25) is 5.91 Å². The summed E-state index contributed by atoms with van der Waals surface area (Å²) >= 11 is 1.32. The van der Waals surface area contributed by atoms with Gasteiger partial charge in [0.05, 0.1) is 0 Å². The van der Waals surface area contributed by atoms with Gasteiger partial charge in [-0.2, -0.15) is 0 Å². The molecule has 0 saturated carbocycles. The van der Waals surface area contributed by atoms with Gasteiger partial charge in [0, 0.05) is 50.3 Å². The fraction of sp³-hybridized carbons (Fsp3) is 0.867. The number of hydrogen-bond donors (Lipinski definition) is 0. The maximum Gasteiger partial charge on any atom is 0.223 e. The number of piperidine rings is 1. The smallest absolute Gasteiger partial charge is 0.223 e. The predicted octanol–water partition coefficient (Wildman–Crippen LogP) is 2.13. The molecule has 0 aromatic carbocycles. The average Bonchev–Trinajstić information content (AvgIpc) is 2.68. The summed E-state index contributed by atoms with van der Waals surface area (Å²) in [5.41, 5.74) is 0. The minimum Gasteiger partial charge on any atom is -0.340 e. The number of thioether (sulfide) groups is 1. The third kappa shape index (κ3) is 3.98. The first-order chi connectivity index (χ1) is 9.47. The number of carbonyl (C=O) groups excluding carboxylic acids is 2. The summed E-state index contributed by atoms with van der Waals surface area (Å²) in [5, 5.41) is 0.277. The highest BCUT2D eigenvalue weighted by molar-refractivity contribution is 8.14. The molecule has 5 heteroatoms. The third-order valence-corrected chi connectivity index (χ3v) is 5.50. The molecule has 114 valence electrons. The highest BCUT2D eigenvalue weighted by atomic mass is 32.2. The zero-order valence-electron chi connectivity index (χ0n) is 12.8. The monoisotopic (exact) mass is 298 g/mol. The topological polar surface area (TPSA) is 40.6 Å². The molecule has 0 bridgehead atoms. The largest absolute Gasteiger partial charge is 0.340 e. The zero-order chi connectivity index (χ0) is 14.7. The van der Waals surface area contributed by atoms with E-state index < -0.39 is 0 Å². The molecule has 4 nitrogen and oxygen atoms in total. The van der Waals surface area contributed by atoms with E-state index in [2.05, 4.69) is 18.7 Å². The average molecular weight is 298 g/mol. The zero-order valence-corrected chi connectivity index (χ0v) is 13.6. The van der Waals surface area contributed by atoms with Gasteiger partial charge in [-0.3, -0.25) is 14.5 Å². The van der Waals surface area contributed by atoms with Gasteiger partial charge in [-0.1, -0.05) is 18.2 Å². The molecule has 2 heterocycles. The maximum absolute atomic E-state index is 12.0. The Bertz CT molecular complexity index is 365. The molecule has 2 fully saturated rings. The van der Waals surface area contributed by atoms with E-state index in [1.54, 1.807) is 6.92 Å². The van der Waals surface area contributed by atoms with Crippen LogP contribution >= 0.6 is 11.8 Å². The van der Waals surface area contributed by atoms with Crippen molar-refractivity contribution in [3.05, 3.63) is 0 Å². The van der Waals surface area contributed by atoms with Crippen LogP contribution in [0.15, 0.2) is 0 Å². The number of carbonyl (C=O) groups is 2. The van der Waals surface area contributed by atoms with Gasteiger partial charge in [-0.05, 0) is 26.7 Å². The number of hydrogen-bond acceptors (Lipinski definition) is 4. The normalized spacial score (nSPS) is 31.9. The van der Waals surface area contributed by atoms with Crippen LogP contribution in [-0.2, 0) is 9.59 Å². The van der Waals surface area contributed by atoms with E-state index in [0.717, 1.165) is 19.6 Å². The molecule has 2 aliphatic heterocycles. The Labute approximate surface area is 126 Å². The molecular weight excluding hydrogens is 272 g/mol. The van der Waals surface area contributed by atoms with Crippen molar-refractivity contribution in [2.45, 2.75) is 63.8 Å². The van der Waals surface area contributed by atoms with E-state index in [0.29, 0.717) is 18.5 Å². The van der Waals surface area contributed by atoms with E-state index in [1.165, 1.54) is 31.0 Å². The van der Waals surface area contributed by atoms with Gasteiger partial charge in [0.1, 0.15) is 0 Å². The second-order valence-corrected chi connectivity index (χ2v) is 7.62. The van der Waals surface area contributed by atoms with Crippen LogP contribution in [0.3, 0.4) is 0 Å². The fourth-order valence-corrected chi connectivity index (χ4v) is 4.37. The van der Waals surface area contributed by atoms with E-state index in [-0.39, 0.29) is 16.3 Å². The Morgan fingerprint density at radius 1 is 1.25 bits per heavy atom. The lowest BCUT2D eigenvalue weighted by Crippen LogP contribution is -2.47. The first-order valence-electron chi connectivity index (χ1n) is 7.68. The quantitative estimate of drug-likeness (QED) is 0.797. The third-order valence-electron chi connectivity index (χ3n) is 4.52. The predicted molar refractivity (Wildman–Crippen MR) is 82.7 cm³/mol. The Morgan fingerprint density at radius 3 is 2.50 bits per heavy atom. The summed E-state index contributed by atoms with van der Waals surface area (Å²) in [6.45, 7) is 8.66. The van der Waals surface area contributed by atoms with Crippen molar-refractivity contribution in [3.8, 4) is 0 Å². The lowest BCUT2D eigenvalue weighted by Gasteiger charge is -2.39. The molecule has 2 rings (SSSR count). The molecule has 0 N–H and O–H groups in total. The van der Waals surface area contributed by atoms with Crippen molar-refractivity contribution < 1.29 is 9.59 Å². The SMILES string of the molecule is CC(=O)SC1CC(=O)N(CCN2C(C)CCCC2C)C1. The standard InChI is InChI=1S/C15H26N2O2S/c1-11-5-4-6-12(2)17(11)8-7-16-10-14(9-15(16)19)20-13(3)18/h11-12,14H,4-10H2,1-3H3. The van der Waals surface area contributed by atoms with Crippen LogP contribution in [0, 0.1) is 0 Å². The molecule has 0 spiro atoms.